The second-order valence-electron chi connectivity index (χ2n) is 5.87. The summed E-state index contributed by atoms with van der Waals surface area (Å²) in [4.78, 5) is 0. The predicted molar refractivity (Wildman–Crippen MR) is 85.1 cm³/mol. The molecule has 1 aliphatic rings. The molecule has 0 atom stereocenters. The third-order valence-corrected chi connectivity index (χ3v) is 4.13. The highest BCUT2D eigenvalue weighted by atomic mass is 16.5. The van der Waals surface area contributed by atoms with Gasteiger partial charge in [0.15, 0.2) is 0 Å². The van der Waals surface area contributed by atoms with Crippen molar-refractivity contribution in [2.24, 2.45) is 5.92 Å². The van der Waals surface area contributed by atoms with Gasteiger partial charge in [0.05, 0.1) is 12.7 Å². The SMILES string of the molecule is N#CCCCOc1cccc(CNCCC2CCCC2)c1. The van der Waals surface area contributed by atoms with Gasteiger partial charge < -0.3 is 10.1 Å². The molecule has 3 heteroatoms. The van der Waals surface area contributed by atoms with Crippen LogP contribution in [-0.2, 0) is 6.54 Å². The average Bonchev–Trinajstić information content (AvgIpc) is 3.02. The summed E-state index contributed by atoms with van der Waals surface area (Å²) in [5, 5.41) is 12.0. The Morgan fingerprint density at radius 1 is 1.29 bits per heavy atom. The Hall–Kier alpha value is -1.53. The molecule has 21 heavy (non-hydrogen) atoms. The second kappa shape index (κ2) is 9.41. The molecule has 1 fully saturated rings. The van der Waals surface area contributed by atoms with Crippen molar-refractivity contribution >= 4 is 0 Å². The van der Waals surface area contributed by atoms with Gasteiger partial charge in [-0.25, -0.2) is 0 Å². The monoisotopic (exact) mass is 286 g/mol. The molecule has 1 aromatic carbocycles. The third kappa shape index (κ3) is 6.18. The highest BCUT2D eigenvalue weighted by Gasteiger charge is 2.13. The van der Waals surface area contributed by atoms with Gasteiger partial charge in [0, 0.05) is 13.0 Å². The van der Waals surface area contributed by atoms with Crippen molar-refractivity contribution in [1.29, 1.82) is 5.26 Å². The average molecular weight is 286 g/mol. The Bertz CT molecular complexity index is 447. The van der Waals surface area contributed by atoms with Crippen molar-refractivity contribution in [3.8, 4) is 11.8 Å². The maximum atomic E-state index is 8.49. The molecule has 0 radical (unpaired) electrons. The fourth-order valence-electron chi connectivity index (χ4n) is 2.92. The van der Waals surface area contributed by atoms with Gasteiger partial charge >= 0.3 is 0 Å². The quantitative estimate of drug-likeness (QED) is 0.697. The van der Waals surface area contributed by atoms with Crippen LogP contribution in [0, 0.1) is 17.2 Å². The smallest absolute Gasteiger partial charge is 0.119 e. The van der Waals surface area contributed by atoms with Crippen LogP contribution in [-0.4, -0.2) is 13.2 Å². The number of nitriles is 1. The summed E-state index contributed by atoms with van der Waals surface area (Å²) in [6.07, 6.45) is 8.36. The fraction of sp³-hybridized carbons (Fsp3) is 0.611. The second-order valence-corrected chi connectivity index (χ2v) is 5.87. The molecule has 1 N–H and O–H groups in total. The molecule has 0 bridgehead atoms. The first-order valence-electron chi connectivity index (χ1n) is 8.18. The summed E-state index contributed by atoms with van der Waals surface area (Å²) in [6, 6.07) is 10.4. The summed E-state index contributed by atoms with van der Waals surface area (Å²) < 4.78 is 5.66. The Labute approximate surface area is 128 Å². The Balaban J connectivity index is 1.64. The first kappa shape index (κ1) is 15.9. The zero-order valence-corrected chi connectivity index (χ0v) is 12.8. The minimum Gasteiger partial charge on any atom is -0.494 e. The zero-order chi connectivity index (χ0) is 14.8. The maximum Gasteiger partial charge on any atom is 0.119 e. The van der Waals surface area contributed by atoms with E-state index in [0.717, 1.165) is 31.2 Å². The predicted octanol–water partition coefficient (Wildman–Crippen LogP) is 4.04. The van der Waals surface area contributed by atoms with Crippen LogP contribution >= 0.6 is 0 Å². The number of hydrogen-bond acceptors (Lipinski definition) is 3. The van der Waals surface area contributed by atoms with Gasteiger partial charge in [-0.15, -0.1) is 0 Å². The van der Waals surface area contributed by atoms with Crippen molar-refractivity contribution in [2.75, 3.05) is 13.2 Å². The van der Waals surface area contributed by atoms with E-state index in [9.17, 15) is 0 Å². The van der Waals surface area contributed by atoms with Crippen LogP contribution in [0.25, 0.3) is 0 Å². The van der Waals surface area contributed by atoms with E-state index in [-0.39, 0.29) is 0 Å². The molecule has 0 aromatic heterocycles. The molecule has 0 amide bonds. The molecule has 0 saturated heterocycles. The lowest BCUT2D eigenvalue weighted by atomic mass is 10.0. The largest absolute Gasteiger partial charge is 0.494 e. The Morgan fingerprint density at radius 3 is 2.95 bits per heavy atom. The molecule has 2 rings (SSSR count). The molecule has 114 valence electrons. The van der Waals surface area contributed by atoms with Gasteiger partial charge in [-0.1, -0.05) is 37.8 Å². The highest BCUT2D eigenvalue weighted by molar-refractivity contribution is 5.28. The van der Waals surface area contributed by atoms with Crippen LogP contribution in [0.5, 0.6) is 5.75 Å². The van der Waals surface area contributed by atoms with Gasteiger partial charge in [0.25, 0.3) is 0 Å². The molecular formula is C18H26N2O. The third-order valence-electron chi connectivity index (χ3n) is 4.13. The van der Waals surface area contributed by atoms with Gasteiger partial charge in [-0.2, -0.15) is 5.26 Å². The lowest BCUT2D eigenvalue weighted by Gasteiger charge is -2.11. The summed E-state index contributed by atoms with van der Waals surface area (Å²) in [5.74, 6) is 1.86. The molecule has 1 aliphatic carbocycles. The number of unbranched alkanes of at least 4 members (excludes halogenated alkanes) is 1. The maximum absolute atomic E-state index is 8.49. The zero-order valence-electron chi connectivity index (χ0n) is 12.8. The van der Waals surface area contributed by atoms with E-state index in [2.05, 4.69) is 23.5 Å². The first-order chi connectivity index (χ1) is 10.4. The van der Waals surface area contributed by atoms with Crippen molar-refractivity contribution in [1.82, 2.24) is 5.32 Å². The van der Waals surface area contributed by atoms with Gasteiger partial charge in [-0.3, -0.25) is 0 Å². The molecular weight excluding hydrogens is 260 g/mol. The topological polar surface area (TPSA) is 45.0 Å². The minimum absolute atomic E-state index is 0.558. The van der Waals surface area contributed by atoms with Crippen molar-refractivity contribution in [3.05, 3.63) is 29.8 Å². The Morgan fingerprint density at radius 2 is 2.14 bits per heavy atom. The van der Waals surface area contributed by atoms with Gasteiger partial charge in [0.2, 0.25) is 0 Å². The summed E-state index contributed by atoms with van der Waals surface area (Å²) >= 11 is 0. The summed E-state index contributed by atoms with van der Waals surface area (Å²) in [5.41, 5.74) is 1.26. The molecule has 1 aromatic rings. The van der Waals surface area contributed by atoms with Crippen LogP contribution in [0.1, 0.15) is 50.5 Å². The van der Waals surface area contributed by atoms with Crippen molar-refractivity contribution < 1.29 is 4.74 Å². The number of nitrogens with one attached hydrogen (secondary N) is 1. The summed E-state index contributed by atoms with van der Waals surface area (Å²) in [6.45, 7) is 2.63. The lowest BCUT2D eigenvalue weighted by molar-refractivity contribution is 0.312. The standard InChI is InChI=1S/C18H26N2O/c19-11-3-4-13-21-18-9-5-8-17(14-18)15-20-12-10-16-6-1-2-7-16/h5,8-9,14,16,20H,1-4,6-7,10,12-13,15H2. The van der Waals surface area contributed by atoms with E-state index in [0.29, 0.717) is 13.0 Å². The van der Waals surface area contributed by atoms with Crippen LogP contribution in [0.2, 0.25) is 0 Å². The summed E-state index contributed by atoms with van der Waals surface area (Å²) in [7, 11) is 0. The van der Waals surface area contributed by atoms with Crippen LogP contribution < -0.4 is 10.1 Å². The highest BCUT2D eigenvalue weighted by Crippen LogP contribution is 2.26. The molecule has 0 unspecified atom stereocenters. The molecule has 0 heterocycles. The van der Waals surface area contributed by atoms with E-state index < -0.39 is 0 Å². The van der Waals surface area contributed by atoms with Crippen molar-refractivity contribution in [3.63, 3.8) is 0 Å². The Kier molecular flexibility index (Phi) is 7.11. The van der Waals surface area contributed by atoms with E-state index >= 15 is 0 Å². The van der Waals surface area contributed by atoms with Crippen LogP contribution in [0.4, 0.5) is 0 Å². The number of hydrogen-bond donors (Lipinski definition) is 1. The number of benzene rings is 1. The van der Waals surface area contributed by atoms with Crippen LogP contribution in [0.15, 0.2) is 24.3 Å². The van der Waals surface area contributed by atoms with Crippen molar-refractivity contribution in [2.45, 2.75) is 51.5 Å². The molecule has 3 nitrogen and oxygen atoms in total. The minimum atomic E-state index is 0.558. The van der Waals surface area contributed by atoms with E-state index in [1.807, 2.05) is 12.1 Å². The van der Waals surface area contributed by atoms with Crippen LogP contribution in [0.3, 0.4) is 0 Å². The van der Waals surface area contributed by atoms with E-state index in [1.165, 1.54) is 37.7 Å². The number of rotatable bonds is 9. The molecule has 0 spiro atoms. The molecule has 1 saturated carbocycles. The van der Waals surface area contributed by atoms with E-state index in [1.54, 1.807) is 0 Å². The lowest BCUT2D eigenvalue weighted by Crippen LogP contribution is -2.17. The number of nitrogens with zero attached hydrogens (tertiary/aromatic N) is 1. The van der Waals surface area contributed by atoms with Gasteiger partial charge in [0.1, 0.15) is 5.75 Å². The fourth-order valence-corrected chi connectivity index (χ4v) is 2.92. The molecule has 0 aliphatic heterocycles. The van der Waals surface area contributed by atoms with E-state index in [4.69, 9.17) is 10.00 Å². The first-order valence-corrected chi connectivity index (χ1v) is 8.18. The normalized spacial score (nSPS) is 15.0. The van der Waals surface area contributed by atoms with Gasteiger partial charge in [-0.05, 0) is 43.0 Å². The number of ether oxygens (including phenoxy) is 1.